The number of thiophene rings is 1. The van der Waals surface area contributed by atoms with Crippen molar-refractivity contribution in [1.29, 1.82) is 0 Å². The number of hydrogen-bond acceptors (Lipinski definition) is 4. The molecular formula is C15H15ClN2O3S. The van der Waals surface area contributed by atoms with Gasteiger partial charge >= 0.3 is 0 Å². The van der Waals surface area contributed by atoms with Crippen LogP contribution < -0.4 is 0 Å². The Bertz CT molecular complexity index is 715. The van der Waals surface area contributed by atoms with Crippen LogP contribution >= 0.6 is 22.9 Å². The number of nitro benzene ring substituents is 1. The second-order valence-electron chi connectivity index (χ2n) is 4.75. The molecule has 7 heteroatoms. The molecule has 116 valence electrons. The summed E-state index contributed by atoms with van der Waals surface area (Å²) in [7, 11) is 0. The van der Waals surface area contributed by atoms with E-state index in [1.165, 1.54) is 17.4 Å². The number of para-hydroxylation sites is 1. The van der Waals surface area contributed by atoms with Crippen LogP contribution in [0.1, 0.15) is 27.7 Å². The molecule has 2 aromatic rings. The number of nitrogens with zero attached hydrogens (tertiary/aromatic N) is 2. The topological polar surface area (TPSA) is 63.5 Å². The Morgan fingerprint density at radius 1 is 1.36 bits per heavy atom. The Hall–Kier alpha value is -1.92. The third-order valence-electron chi connectivity index (χ3n) is 3.30. The maximum atomic E-state index is 12.7. The minimum absolute atomic E-state index is 0.120. The molecule has 0 unspecified atom stereocenters. The molecule has 0 N–H and O–H groups in total. The normalized spacial score (nSPS) is 10.5. The molecule has 0 aliphatic rings. The number of amides is 1. The largest absolute Gasteiger partial charge is 0.334 e. The summed E-state index contributed by atoms with van der Waals surface area (Å²) < 4.78 is 0.653. The highest BCUT2D eigenvalue weighted by Crippen LogP contribution is 2.27. The Kier molecular flexibility index (Phi) is 5.15. The summed E-state index contributed by atoms with van der Waals surface area (Å²) in [5.74, 6) is -0.345. The number of halogens is 1. The molecule has 5 nitrogen and oxygen atoms in total. The van der Waals surface area contributed by atoms with Crippen molar-refractivity contribution < 1.29 is 9.72 Å². The summed E-state index contributed by atoms with van der Waals surface area (Å²) >= 11 is 7.29. The van der Waals surface area contributed by atoms with Gasteiger partial charge in [0.25, 0.3) is 11.6 Å². The summed E-state index contributed by atoms with van der Waals surface area (Å²) in [6, 6.07) is 8.41. The third-order valence-corrected chi connectivity index (χ3v) is 4.51. The average Bonchev–Trinajstić information content (AvgIpc) is 2.88. The van der Waals surface area contributed by atoms with Gasteiger partial charge in [-0.25, -0.2) is 0 Å². The lowest BCUT2D eigenvalue weighted by Gasteiger charge is -2.20. The van der Waals surface area contributed by atoms with Crippen LogP contribution in [0.5, 0.6) is 0 Å². The zero-order valence-corrected chi connectivity index (χ0v) is 13.8. The van der Waals surface area contributed by atoms with Crippen molar-refractivity contribution in [2.75, 3.05) is 6.54 Å². The highest BCUT2D eigenvalue weighted by molar-refractivity contribution is 7.16. The Labute approximate surface area is 137 Å². The first-order chi connectivity index (χ1) is 10.4. The van der Waals surface area contributed by atoms with E-state index in [-0.39, 0.29) is 17.2 Å². The van der Waals surface area contributed by atoms with E-state index in [4.69, 9.17) is 11.6 Å². The fourth-order valence-corrected chi connectivity index (χ4v) is 3.30. The second kappa shape index (κ2) is 6.89. The minimum Gasteiger partial charge on any atom is -0.334 e. The zero-order chi connectivity index (χ0) is 16.3. The van der Waals surface area contributed by atoms with Gasteiger partial charge in [-0.15, -0.1) is 11.3 Å². The van der Waals surface area contributed by atoms with E-state index in [1.54, 1.807) is 30.0 Å². The summed E-state index contributed by atoms with van der Waals surface area (Å²) in [5, 5.41) is 11.2. The van der Waals surface area contributed by atoms with Crippen molar-refractivity contribution in [3.05, 3.63) is 60.8 Å². The molecule has 0 bridgehead atoms. The molecule has 2 rings (SSSR count). The summed E-state index contributed by atoms with van der Waals surface area (Å²) in [5.41, 5.74) is 0.468. The van der Waals surface area contributed by atoms with Gasteiger partial charge in [-0.3, -0.25) is 14.9 Å². The van der Waals surface area contributed by atoms with Crippen LogP contribution in [0.3, 0.4) is 0 Å². The fraction of sp³-hybridized carbons (Fsp3) is 0.267. The monoisotopic (exact) mass is 338 g/mol. The Morgan fingerprint density at radius 3 is 2.64 bits per heavy atom. The molecule has 1 aromatic heterocycles. The van der Waals surface area contributed by atoms with Crippen molar-refractivity contribution >= 4 is 34.5 Å². The van der Waals surface area contributed by atoms with E-state index in [2.05, 4.69) is 0 Å². The summed E-state index contributed by atoms with van der Waals surface area (Å²) in [4.78, 5) is 25.9. The molecule has 1 heterocycles. The van der Waals surface area contributed by atoms with Gasteiger partial charge in [0.05, 0.1) is 15.8 Å². The first kappa shape index (κ1) is 16.5. The Morgan fingerprint density at radius 2 is 2.09 bits per heavy atom. The molecule has 1 aromatic carbocycles. The van der Waals surface area contributed by atoms with Gasteiger partial charge in [-0.1, -0.05) is 23.7 Å². The average molecular weight is 339 g/mol. The maximum absolute atomic E-state index is 12.7. The van der Waals surface area contributed by atoms with Gasteiger partial charge in [0.1, 0.15) is 5.56 Å². The molecule has 0 atom stereocenters. The van der Waals surface area contributed by atoms with Gasteiger partial charge < -0.3 is 4.90 Å². The molecule has 1 amide bonds. The van der Waals surface area contributed by atoms with Gasteiger partial charge in [0.15, 0.2) is 0 Å². The molecule has 0 radical (unpaired) electrons. The molecule has 0 fully saturated rings. The number of hydrogen-bond donors (Lipinski definition) is 0. The standard InChI is InChI=1S/C15H15ClN2O3S/c1-3-17(9-11-7-8-13(16)22-11)15(19)12-6-4-5-10(2)14(12)18(20)21/h4-8H,3,9H2,1-2H3. The van der Waals surface area contributed by atoms with Crippen LogP contribution in [-0.2, 0) is 6.54 Å². The van der Waals surface area contributed by atoms with Gasteiger partial charge in [-0.05, 0) is 32.0 Å². The highest BCUT2D eigenvalue weighted by atomic mass is 35.5. The molecule has 0 spiro atoms. The van der Waals surface area contributed by atoms with Crippen molar-refractivity contribution in [2.45, 2.75) is 20.4 Å². The summed E-state index contributed by atoms with van der Waals surface area (Å²) in [6.07, 6.45) is 0. The van der Waals surface area contributed by atoms with Crippen molar-refractivity contribution in [3.8, 4) is 0 Å². The van der Waals surface area contributed by atoms with E-state index in [1.807, 2.05) is 13.0 Å². The second-order valence-corrected chi connectivity index (χ2v) is 6.55. The highest BCUT2D eigenvalue weighted by Gasteiger charge is 2.25. The smallest absolute Gasteiger partial charge is 0.285 e. The van der Waals surface area contributed by atoms with Gasteiger partial charge in [0.2, 0.25) is 0 Å². The van der Waals surface area contributed by atoms with E-state index >= 15 is 0 Å². The van der Waals surface area contributed by atoms with Crippen LogP contribution in [0.25, 0.3) is 0 Å². The molecule has 22 heavy (non-hydrogen) atoms. The quantitative estimate of drug-likeness (QED) is 0.603. The van der Waals surface area contributed by atoms with Crippen molar-refractivity contribution in [1.82, 2.24) is 4.90 Å². The van der Waals surface area contributed by atoms with E-state index in [0.717, 1.165) is 4.88 Å². The van der Waals surface area contributed by atoms with Crippen molar-refractivity contribution in [3.63, 3.8) is 0 Å². The molecule has 0 aliphatic heterocycles. The molecule has 0 saturated heterocycles. The lowest BCUT2D eigenvalue weighted by atomic mass is 10.1. The number of aryl methyl sites for hydroxylation is 1. The van der Waals surface area contributed by atoms with E-state index < -0.39 is 4.92 Å². The van der Waals surface area contributed by atoms with Crippen molar-refractivity contribution in [2.24, 2.45) is 0 Å². The van der Waals surface area contributed by atoms with Crippen LogP contribution in [0.4, 0.5) is 5.69 Å². The number of carbonyl (C=O) groups excluding carboxylic acids is 1. The molecule has 0 aliphatic carbocycles. The number of nitro groups is 1. The van der Waals surface area contributed by atoms with Crippen LogP contribution in [0.2, 0.25) is 4.34 Å². The van der Waals surface area contributed by atoms with E-state index in [0.29, 0.717) is 23.0 Å². The predicted octanol–water partition coefficient (Wildman–Crippen LogP) is 4.28. The number of carbonyl (C=O) groups is 1. The molecular weight excluding hydrogens is 324 g/mol. The molecule has 0 saturated carbocycles. The SMILES string of the molecule is CCN(Cc1ccc(Cl)s1)C(=O)c1cccc(C)c1[N+](=O)[O-]. The zero-order valence-electron chi connectivity index (χ0n) is 12.2. The minimum atomic E-state index is -0.502. The lowest BCUT2D eigenvalue weighted by molar-refractivity contribution is -0.385. The van der Waals surface area contributed by atoms with Crippen LogP contribution in [0, 0.1) is 17.0 Å². The first-order valence-corrected chi connectivity index (χ1v) is 7.91. The predicted molar refractivity (Wildman–Crippen MR) is 87.6 cm³/mol. The lowest BCUT2D eigenvalue weighted by Crippen LogP contribution is -2.30. The van der Waals surface area contributed by atoms with Gasteiger partial charge in [-0.2, -0.15) is 0 Å². The first-order valence-electron chi connectivity index (χ1n) is 6.71. The maximum Gasteiger partial charge on any atom is 0.285 e. The Balaban J connectivity index is 2.33. The fourth-order valence-electron chi connectivity index (χ4n) is 2.20. The number of rotatable bonds is 5. The van der Waals surface area contributed by atoms with E-state index in [9.17, 15) is 14.9 Å². The third kappa shape index (κ3) is 3.45. The van der Waals surface area contributed by atoms with Crippen LogP contribution in [0.15, 0.2) is 30.3 Å². The van der Waals surface area contributed by atoms with Crippen LogP contribution in [-0.4, -0.2) is 22.3 Å². The van der Waals surface area contributed by atoms with Gasteiger partial charge in [0, 0.05) is 17.0 Å². The number of benzene rings is 1. The summed E-state index contributed by atoms with van der Waals surface area (Å²) in [6.45, 7) is 4.32.